The molecule has 0 spiro atoms. The number of imidazole rings is 1. The lowest BCUT2D eigenvalue weighted by Gasteiger charge is -2.21. The summed E-state index contributed by atoms with van der Waals surface area (Å²) in [6, 6.07) is 11.9. The first-order valence-electron chi connectivity index (χ1n) is 8.13. The van der Waals surface area contributed by atoms with Crippen LogP contribution in [0.25, 0.3) is 5.65 Å². The molecule has 1 atom stereocenters. The second kappa shape index (κ2) is 6.06. The number of aryl methyl sites for hydroxylation is 2. The number of anilines is 1. The van der Waals surface area contributed by atoms with Crippen molar-refractivity contribution in [3.05, 3.63) is 64.0 Å². The van der Waals surface area contributed by atoms with Gasteiger partial charge in [-0.2, -0.15) is 0 Å². The van der Waals surface area contributed by atoms with Gasteiger partial charge in [-0.25, -0.2) is 4.98 Å². The van der Waals surface area contributed by atoms with Crippen LogP contribution in [-0.4, -0.2) is 15.3 Å². The predicted octanol–water partition coefficient (Wildman–Crippen LogP) is 4.15. The van der Waals surface area contributed by atoms with Crippen molar-refractivity contribution in [1.29, 1.82) is 0 Å². The molecule has 1 aliphatic carbocycles. The minimum absolute atomic E-state index is 0.0160. The molecule has 4 rings (SSSR count). The Hall–Kier alpha value is -2.14. The third-order valence-corrected chi connectivity index (χ3v) is 5.55. The van der Waals surface area contributed by atoms with Gasteiger partial charge in [0.25, 0.3) is 0 Å². The fourth-order valence-electron chi connectivity index (χ4n) is 3.30. The van der Waals surface area contributed by atoms with Gasteiger partial charge >= 0.3 is 0 Å². The number of fused-ring (bicyclic) bond motifs is 3. The molecule has 1 unspecified atom stereocenters. The summed E-state index contributed by atoms with van der Waals surface area (Å²) in [4.78, 5) is 17.4. The number of halogens is 1. The van der Waals surface area contributed by atoms with E-state index < -0.39 is 0 Å². The molecule has 5 heteroatoms. The molecule has 1 aromatic carbocycles. The Labute approximate surface area is 149 Å². The van der Waals surface area contributed by atoms with Crippen LogP contribution in [0.5, 0.6) is 0 Å². The van der Waals surface area contributed by atoms with Gasteiger partial charge < -0.3 is 9.72 Å². The molecule has 2 heterocycles. The van der Waals surface area contributed by atoms with Crippen LogP contribution in [0.4, 0.5) is 5.69 Å². The van der Waals surface area contributed by atoms with Crippen molar-refractivity contribution in [2.75, 3.05) is 5.32 Å². The van der Waals surface area contributed by atoms with Gasteiger partial charge in [0.15, 0.2) is 0 Å². The van der Waals surface area contributed by atoms with Crippen LogP contribution >= 0.6 is 15.9 Å². The van der Waals surface area contributed by atoms with E-state index in [0.717, 1.165) is 46.3 Å². The minimum Gasteiger partial charge on any atom is -0.326 e. The van der Waals surface area contributed by atoms with E-state index in [4.69, 9.17) is 0 Å². The lowest BCUT2D eigenvalue weighted by molar-refractivity contribution is -0.120. The second-order valence-corrected chi connectivity index (χ2v) is 7.18. The molecule has 0 aliphatic heterocycles. The standard InChI is InChI=1S/C19H18BrN3O/c1-12-5-7-14(11-15(12)20)21-19(24)13-6-8-16-17(10-13)23-9-3-2-4-18(23)22-16/h2-5,7,9,11,13H,6,8,10H2,1H3,(H,21,24). The predicted molar refractivity (Wildman–Crippen MR) is 98.2 cm³/mol. The summed E-state index contributed by atoms with van der Waals surface area (Å²) in [7, 11) is 0. The van der Waals surface area contributed by atoms with Crippen molar-refractivity contribution in [3.8, 4) is 0 Å². The van der Waals surface area contributed by atoms with Crippen molar-refractivity contribution in [1.82, 2.24) is 9.38 Å². The van der Waals surface area contributed by atoms with Crippen LogP contribution in [0.1, 0.15) is 23.4 Å². The Morgan fingerprint density at radius 2 is 2.21 bits per heavy atom. The summed E-state index contributed by atoms with van der Waals surface area (Å²) in [5, 5.41) is 3.05. The molecule has 1 amide bonds. The van der Waals surface area contributed by atoms with Gasteiger partial charge in [0.1, 0.15) is 5.65 Å². The molecule has 0 saturated carbocycles. The summed E-state index contributed by atoms with van der Waals surface area (Å²) >= 11 is 3.51. The molecule has 122 valence electrons. The van der Waals surface area contributed by atoms with E-state index in [1.54, 1.807) is 0 Å². The van der Waals surface area contributed by atoms with Crippen molar-refractivity contribution < 1.29 is 4.79 Å². The maximum Gasteiger partial charge on any atom is 0.227 e. The highest BCUT2D eigenvalue weighted by Crippen LogP contribution is 2.28. The Kier molecular flexibility index (Phi) is 3.88. The van der Waals surface area contributed by atoms with Crippen molar-refractivity contribution in [2.24, 2.45) is 5.92 Å². The van der Waals surface area contributed by atoms with Gasteiger partial charge in [-0.15, -0.1) is 0 Å². The van der Waals surface area contributed by atoms with Crippen molar-refractivity contribution >= 4 is 33.2 Å². The summed E-state index contributed by atoms with van der Waals surface area (Å²) in [6.45, 7) is 2.03. The average Bonchev–Trinajstić information content (AvgIpc) is 2.96. The third kappa shape index (κ3) is 2.73. The largest absolute Gasteiger partial charge is 0.326 e. The second-order valence-electron chi connectivity index (χ2n) is 6.33. The maximum atomic E-state index is 12.7. The first-order chi connectivity index (χ1) is 11.6. The number of pyridine rings is 1. The fourth-order valence-corrected chi connectivity index (χ4v) is 3.68. The van der Waals surface area contributed by atoms with Gasteiger partial charge in [0, 0.05) is 34.4 Å². The molecular weight excluding hydrogens is 366 g/mol. The fraction of sp³-hybridized carbons (Fsp3) is 0.263. The summed E-state index contributed by atoms with van der Waals surface area (Å²) in [5.74, 6) is 0.0694. The van der Waals surface area contributed by atoms with Crippen LogP contribution in [0.15, 0.2) is 47.1 Å². The molecule has 0 radical (unpaired) electrons. The Morgan fingerprint density at radius 1 is 1.33 bits per heavy atom. The molecule has 0 fully saturated rings. The number of hydrogen-bond donors (Lipinski definition) is 1. The molecule has 1 aliphatic rings. The van der Waals surface area contributed by atoms with Crippen LogP contribution in [0, 0.1) is 12.8 Å². The Balaban J connectivity index is 1.55. The normalized spacial score (nSPS) is 16.8. The smallest absolute Gasteiger partial charge is 0.227 e. The Morgan fingerprint density at radius 3 is 3.04 bits per heavy atom. The number of carbonyl (C=O) groups excluding carboxylic acids is 1. The number of rotatable bonds is 2. The van der Waals surface area contributed by atoms with Gasteiger partial charge in [-0.05, 0) is 49.6 Å². The summed E-state index contributed by atoms with van der Waals surface area (Å²) < 4.78 is 3.12. The van der Waals surface area contributed by atoms with Crippen LogP contribution in [0.2, 0.25) is 0 Å². The molecular formula is C19H18BrN3O. The number of nitrogens with zero attached hydrogens (tertiary/aromatic N) is 2. The zero-order valence-electron chi connectivity index (χ0n) is 13.4. The summed E-state index contributed by atoms with van der Waals surface area (Å²) in [5.41, 5.74) is 5.25. The quantitative estimate of drug-likeness (QED) is 0.722. The first kappa shape index (κ1) is 15.4. The maximum absolute atomic E-state index is 12.7. The molecule has 2 aromatic heterocycles. The Bertz CT molecular complexity index is 932. The van der Waals surface area contributed by atoms with Gasteiger partial charge in [0.2, 0.25) is 5.91 Å². The molecule has 0 saturated heterocycles. The monoisotopic (exact) mass is 383 g/mol. The average molecular weight is 384 g/mol. The number of benzene rings is 1. The molecule has 0 bridgehead atoms. The minimum atomic E-state index is -0.0160. The van der Waals surface area contributed by atoms with Crippen LogP contribution < -0.4 is 5.32 Å². The first-order valence-corrected chi connectivity index (χ1v) is 8.93. The van der Waals surface area contributed by atoms with E-state index in [2.05, 4.69) is 30.6 Å². The highest BCUT2D eigenvalue weighted by atomic mass is 79.9. The zero-order valence-corrected chi connectivity index (χ0v) is 15.0. The molecule has 3 aromatic rings. The zero-order chi connectivity index (χ0) is 16.7. The highest BCUT2D eigenvalue weighted by molar-refractivity contribution is 9.10. The topological polar surface area (TPSA) is 46.4 Å². The number of nitrogens with one attached hydrogen (secondary N) is 1. The lowest BCUT2D eigenvalue weighted by Crippen LogP contribution is -2.28. The van der Waals surface area contributed by atoms with E-state index in [9.17, 15) is 4.79 Å². The van der Waals surface area contributed by atoms with E-state index in [0.29, 0.717) is 0 Å². The van der Waals surface area contributed by atoms with E-state index in [-0.39, 0.29) is 11.8 Å². The molecule has 4 nitrogen and oxygen atoms in total. The number of carbonyl (C=O) groups is 1. The van der Waals surface area contributed by atoms with Crippen LogP contribution in [0.3, 0.4) is 0 Å². The number of amides is 1. The van der Waals surface area contributed by atoms with Crippen molar-refractivity contribution in [2.45, 2.75) is 26.2 Å². The third-order valence-electron chi connectivity index (χ3n) is 4.69. The number of aromatic nitrogens is 2. The van der Waals surface area contributed by atoms with Gasteiger partial charge in [-0.1, -0.05) is 28.1 Å². The van der Waals surface area contributed by atoms with E-state index >= 15 is 0 Å². The highest BCUT2D eigenvalue weighted by Gasteiger charge is 2.28. The molecule has 24 heavy (non-hydrogen) atoms. The van der Waals surface area contributed by atoms with E-state index in [1.807, 2.05) is 49.5 Å². The number of hydrogen-bond acceptors (Lipinski definition) is 2. The van der Waals surface area contributed by atoms with E-state index in [1.165, 1.54) is 5.69 Å². The molecule has 1 N–H and O–H groups in total. The van der Waals surface area contributed by atoms with Crippen molar-refractivity contribution in [3.63, 3.8) is 0 Å². The van der Waals surface area contributed by atoms with Gasteiger partial charge in [-0.3, -0.25) is 4.79 Å². The SMILES string of the molecule is Cc1ccc(NC(=O)C2CCc3nc4ccccn4c3C2)cc1Br. The van der Waals surface area contributed by atoms with Crippen LogP contribution in [-0.2, 0) is 17.6 Å². The van der Waals surface area contributed by atoms with Gasteiger partial charge in [0.05, 0.1) is 5.69 Å². The summed E-state index contributed by atoms with van der Waals surface area (Å²) in [6.07, 6.45) is 4.46. The lowest BCUT2D eigenvalue weighted by atomic mass is 9.89.